The van der Waals surface area contributed by atoms with E-state index in [9.17, 15) is 4.79 Å². The Labute approximate surface area is 107 Å². The first-order valence-electron chi connectivity index (χ1n) is 6.28. The number of nitrogens with two attached hydrogens (primary N) is 1. The van der Waals surface area contributed by atoms with E-state index in [0.29, 0.717) is 0 Å². The SMILES string of the molecule is COCC(N)C(=O)N1CCCCC1c1ncc[nH]1. The van der Waals surface area contributed by atoms with E-state index in [1.807, 2.05) is 4.90 Å². The number of piperidine rings is 1. The Hall–Kier alpha value is -1.40. The van der Waals surface area contributed by atoms with E-state index in [1.54, 1.807) is 19.5 Å². The molecule has 0 aliphatic carbocycles. The molecule has 1 fully saturated rings. The normalized spacial score (nSPS) is 21.9. The topological polar surface area (TPSA) is 84.2 Å². The van der Waals surface area contributed by atoms with E-state index < -0.39 is 6.04 Å². The summed E-state index contributed by atoms with van der Waals surface area (Å²) in [4.78, 5) is 21.4. The van der Waals surface area contributed by atoms with E-state index in [4.69, 9.17) is 10.5 Å². The van der Waals surface area contributed by atoms with Crippen LogP contribution in [0.15, 0.2) is 12.4 Å². The van der Waals surface area contributed by atoms with Crippen molar-refractivity contribution in [3.8, 4) is 0 Å². The fraction of sp³-hybridized carbons (Fsp3) is 0.667. The second kappa shape index (κ2) is 5.97. The van der Waals surface area contributed by atoms with Crippen molar-refractivity contribution in [2.75, 3.05) is 20.3 Å². The summed E-state index contributed by atoms with van der Waals surface area (Å²) in [7, 11) is 1.55. The van der Waals surface area contributed by atoms with Crippen LogP contribution in [-0.4, -0.2) is 47.1 Å². The number of imidazole rings is 1. The molecule has 3 N–H and O–H groups in total. The Morgan fingerprint density at radius 2 is 2.56 bits per heavy atom. The summed E-state index contributed by atoms with van der Waals surface area (Å²) in [6.45, 7) is 0.988. The molecule has 0 bridgehead atoms. The van der Waals surface area contributed by atoms with E-state index >= 15 is 0 Å². The van der Waals surface area contributed by atoms with Gasteiger partial charge in [-0.1, -0.05) is 0 Å². The lowest BCUT2D eigenvalue weighted by Gasteiger charge is -2.36. The van der Waals surface area contributed by atoms with Crippen LogP contribution in [0, 0.1) is 0 Å². The van der Waals surface area contributed by atoms with Crippen molar-refractivity contribution in [3.63, 3.8) is 0 Å². The molecule has 6 heteroatoms. The first-order valence-corrected chi connectivity index (χ1v) is 6.28. The van der Waals surface area contributed by atoms with Crippen molar-refractivity contribution < 1.29 is 9.53 Å². The van der Waals surface area contributed by atoms with Gasteiger partial charge in [0.15, 0.2) is 0 Å². The van der Waals surface area contributed by atoms with Gasteiger partial charge in [0.25, 0.3) is 0 Å². The molecule has 0 radical (unpaired) electrons. The maximum absolute atomic E-state index is 12.3. The molecule has 1 aliphatic rings. The molecule has 1 amide bonds. The molecule has 1 aromatic heterocycles. The average molecular weight is 252 g/mol. The van der Waals surface area contributed by atoms with Crippen LogP contribution in [-0.2, 0) is 9.53 Å². The molecule has 0 aromatic carbocycles. The summed E-state index contributed by atoms with van der Waals surface area (Å²) in [6, 6.07) is -0.574. The molecule has 1 saturated heterocycles. The second-order valence-corrected chi connectivity index (χ2v) is 4.58. The molecule has 0 saturated carbocycles. The first-order chi connectivity index (χ1) is 8.74. The van der Waals surface area contributed by atoms with Gasteiger partial charge in [0.05, 0.1) is 12.6 Å². The van der Waals surface area contributed by atoms with Crippen LogP contribution in [0.4, 0.5) is 0 Å². The van der Waals surface area contributed by atoms with Crippen LogP contribution in [0.2, 0.25) is 0 Å². The van der Waals surface area contributed by atoms with Crippen LogP contribution in [0.3, 0.4) is 0 Å². The molecule has 6 nitrogen and oxygen atoms in total. The number of H-pyrrole nitrogens is 1. The Morgan fingerprint density at radius 1 is 1.72 bits per heavy atom. The van der Waals surface area contributed by atoms with Crippen molar-refractivity contribution >= 4 is 5.91 Å². The number of nitrogens with zero attached hydrogens (tertiary/aromatic N) is 2. The summed E-state index contributed by atoms with van der Waals surface area (Å²) in [6.07, 6.45) is 6.54. The highest BCUT2D eigenvalue weighted by atomic mass is 16.5. The number of methoxy groups -OCH3 is 1. The van der Waals surface area contributed by atoms with Gasteiger partial charge in [-0.3, -0.25) is 4.79 Å². The van der Waals surface area contributed by atoms with E-state index in [-0.39, 0.29) is 18.6 Å². The number of likely N-dealkylation sites (tertiary alicyclic amines) is 1. The maximum Gasteiger partial charge on any atom is 0.242 e. The lowest BCUT2D eigenvalue weighted by molar-refractivity contribution is -0.137. The standard InChI is InChI=1S/C12H20N4O2/c1-18-8-9(13)12(17)16-7-3-2-4-10(16)11-14-5-6-15-11/h5-6,9-10H,2-4,7-8,13H2,1H3,(H,14,15). The minimum absolute atomic E-state index is 0.0177. The number of amides is 1. The summed E-state index contributed by atoms with van der Waals surface area (Å²) >= 11 is 0. The van der Waals surface area contributed by atoms with Gasteiger partial charge in [0.2, 0.25) is 5.91 Å². The quantitative estimate of drug-likeness (QED) is 0.814. The van der Waals surface area contributed by atoms with Gasteiger partial charge in [-0.05, 0) is 19.3 Å². The van der Waals surface area contributed by atoms with Crippen LogP contribution >= 0.6 is 0 Å². The fourth-order valence-corrected chi connectivity index (χ4v) is 2.40. The van der Waals surface area contributed by atoms with Gasteiger partial charge in [0, 0.05) is 26.0 Å². The minimum atomic E-state index is -0.592. The smallest absolute Gasteiger partial charge is 0.242 e. The van der Waals surface area contributed by atoms with E-state index in [2.05, 4.69) is 9.97 Å². The zero-order chi connectivity index (χ0) is 13.0. The number of rotatable bonds is 4. The number of aromatic nitrogens is 2. The third-order valence-corrected chi connectivity index (χ3v) is 3.28. The molecule has 2 unspecified atom stereocenters. The molecule has 1 aliphatic heterocycles. The molecule has 2 heterocycles. The number of carbonyl (C=O) groups is 1. The molecule has 2 atom stereocenters. The third kappa shape index (κ3) is 2.70. The molecular formula is C12H20N4O2. The predicted molar refractivity (Wildman–Crippen MR) is 66.7 cm³/mol. The van der Waals surface area contributed by atoms with Crippen molar-refractivity contribution in [2.24, 2.45) is 5.73 Å². The largest absolute Gasteiger partial charge is 0.383 e. The van der Waals surface area contributed by atoms with Crippen molar-refractivity contribution in [1.82, 2.24) is 14.9 Å². The lowest BCUT2D eigenvalue weighted by atomic mass is 10.0. The fourth-order valence-electron chi connectivity index (χ4n) is 2.40. The highest BCUT2D eigenvalue weighted by Gasteiger charge is 2.32. The first kappa shape index (κ1) is 13.0. The maximum atomic E-state index is 12.3. The van der Waals surface area contributed by atoms with Gasteiger partial charge in [-0.15, -0.1) is 0 Å². The molecule has 0 spiro atoms. The number of hydrogen-bond donors (Lipinski definition) is 2. The van der Waals surface area contributed by atoms with Crippen LogP contribution in [0.1, 0.15) is 31.1 Å². The average Bonchev–Trinajstić information content (AvgIpc) is 2.92. The summed E-state index contributed by atoms with van der Waals surface area (Å²) in [5, 5.41) is 0. The van der Waals surface area contributed by atoms with Crippen molar-refractivity contribution in [3.05, 3.63) is 18.2 Å². The zero-order valence-electron chi connectivity index (χ0n) is 10.6. The van der Waals surface area contributed by atoms with Crippen LogP contribution in [0.5, 0.6) is 0 Å². The van der Waals surface area contributed by atoms with Crippen molar-refractivity contribution in [1.29, 1.82) is 0 Å². The minimum Gasteiger partial charge on any atom is -0.383 e. The van der Waals surface area contributed by atoms with Gasteiger partial charge in [-0.2, -0.15) is 0 Å². The highest BCUT2D eigenvalue weighted by molar-refractivity contribution is 5.82. The molecule has 1 aromatic rings. The number of aromatic amines is 1. The summed E-state index contributed by atoms with van der Waals surface area (Å²) in [5.74, 6) is 0.783. The molecule has 2 rings (SSSR count). The lowest BCUT2D eigenvalue weighted by Crippen LogP contribution is -2.49. The Balaban J connectivity index is 2.10. The number of nitrogens with one attached hydrogen (secondary N) is 1. The van der Waals surface area contributed by atoms with Crippen molar-refractivity contribution in [2.45, 2.75) is 31.3 Å². The predicted octanol–water partition coefficient (Wildman–Crippen LogP) is 0.437. The second-order valence-electron chi connectivity index (χ2n) is 4.58. The Morgan fingerprint density at radius 3 is 3.22 bits per heavy atom. The highest BCUT2D eigenvalue weighted by Crippen LogP contribution is 2.29. The number of hydrogen-bond acceptors (Lipinski definition) is 4. The van der Waals surface area contributed by atoms with Crippen LogP contribution < -0.4 is 5.73 Å². The number of ether oxygens (including phenoxy) is 1. The zero-order valence-corrected chi connectivity index (χ0v) is 10.6. The van der Waals surface area contributed by atoms with Crippen LogP contribution in [0.25, 0.3) is 0 Å². The molecule has 18 heavy (non-hydrogen) atoms. The monoisotopic (exact) mass is 252 g/mol. The summed E-state index contributed by atoms with van der Waals surface area (Å²) < 4.78 is 4.95. The molecule has 100 valence electrons. The number of carbonyl (C=O) groups excluding carboxylic acids is 1. The van der Waals surface area contributed by atoms with E-state index in [1.165, 1.54) is 0 Å². The van der Waals surface area contributed by atoms with Gasteiger partial charge < -0.3 is 20.4 Å². The molecular weight excluding hydrogens is 232 g/mol. The third-order valence-electron chi connectivity index (χ3n) is 3.28. The van der Waals surface area contributed by atoms with Gasteiger partial charge >= 0.3 is 0 Å². The van der Waals surface area contributed by atoms with E-state index in [0.717, 1.165) is 31.6 Å². The van der Waals surface area contributed by atoms with Gasteiger partial charge in [0.1, 0.15) is 11.9 Å². The Bertz CT molecular complexity index is 379. The van der Waals surface area contributed by atoms with Gasteiger partial charge in [-0.25, -0.2) is 4.98 Å². The Kier molecular flexibility index (Phi) is 4.33. The summed E-state index contributed by atoms with van der Waals surface area (Å²) in [5.41, 5.74) is 5.83.